The van der Waals surface area contributed by atoms with E-state index >= 15 is 0 Å². The molecule has 0 bridgehead atoms. The van der Waals surface area contributed by atoms with Crippen LogP contribution in [0.2, 0.25) is 0 Å². The van der Waals surface area contributed by atoms with E-state index in [4.69, 9.17) is 0 Å². The molecule has 1 saturated carbocycles. The van der Waals surface area contributed by atoms with Crippen molar-refractivity contribution in [2.45, 2.75) is 77.4 Å². The third-order valence-corrected chi connectivity index (χ3v) is 4.75. The average Bonchev–Trinajstić information content (AvgIpc) is 3.08. The summed E-state index contributed by atoms with van der Waals surface area (Å²) in [6, 6.07) is 9.82. The molecule has 1 aliphatic rings. The molecule has 2 amide bonds. The SMILES string of the molecule is CCCC(=O)N(Cc1ccccc1)[C@@H](CC)C(=O)NC1CCCC1. The van der Waals surface area contributed by atoms with Crippen molar-refractivity contribution in [3.8, 4) is 0 Å². The summed E-state index contributed by atoms with van der Waals surface area (Å²) in [7, 11) is 0. The molecule has 4 nitrogen and oxygen atoms in total. The number of nitrogens with zero attached hydrogens (tertiary/aromatic N) is 1. The minimum absolute atomic E-state index is 0.00443. The molecule has 0 heterocycles. The van der Waals surface area contributed by atoms with Crippen LogP contribution in [0.1, 0.15) is 64.4 Å². The van der Waals surface area contributed by atoms with E-state index in [0.29, 0.717) is 19.4 Å². The summed E-state index contributed by atoms with van der Waals surface area (Å²) < 4.78 is 0. The molecule has 0 radical (unpaired) electrons. The third kappa shape index (κ3) is 5.08. The van der Waals surface area contributed by atoms with E-state index in [1.165, 1.54) is 12.8 Å². The second-order valence-corrected chi connectivity index (χ2v) is 6.67. The molecule has 1 aromatic carbocycles. The second kappa shape index (κ2) is 9.45. The number of benzene rings is 1. The molecule has 0 spiro atoms. The Balaban J connectivity index is 2.11. The van der Waals surface area contributed by atoms with Crippen molar-refractivity contribution in [2.75, 3.05) is 0 Å². The van der Waals surface area contributed by atoms with Crippen LogP contribution in [0.15, 0.2) is 30.3 Å². The van der Waals surface area contributed by atoms with Gasteiger partial charge in [-0.1, -0.05) is 57.0 Å². The lowest BCUT2D eigenvalue weighted by atomic mass is 10.1. The van der Waals surface area contributed by atoms with Crippen molar-refractivity contribution < 1.29 is 9.59 Å². The number of amides is 2. The fraction of sp³-hybridized carbons (Fsp3) is 0.600. The van der Waals surface area contributed by atoms with Gasteiger partial charge in [0.1, 0.15) is 6.04 Å². The molecule has 132 valence electrons. The number of carbonyl (C=O) groups excluding carboxylic acids is 2. The van der Waals surface area contributed by atoms with E-state index in [1.54, 1.807) is 4.90 Å². The predicted molar refractivity (Wildman–Crippen MR) is 96.4 cm³/mol. The van der Waals surface area contributed by atoms with Crippen molar-refractivity contribution in [1.29, 1.82) is 0 Å². The van der Waals surface area contributed by atoms with Crippen molar-refractivity contribution in [1.82, 2.24) is 10.2 Å². The van der Waals surface area contributed by atoms with Gasteiger partial charge < -0.3 is 10.2 Å². The zero-order valence-electron chi connectivity index (χ0n) is 15.0. The van der Waals surface area contributed by atoms with Gasteiger partial charge in [0.15, 0.2) is 0 Å². The topological polar surface area (TPSA) is 49.4 Å². The van der Waals surface area contributed by atoms with E-state index in [9.17, 15) is 9.59 Å². The number of hydrogen-bond donors (Lipinski definition) is 1. The van der Waals surface area contributed by atoms with Crippen LogP contribution < -0.4 is 5.32 Å². The standard InChI is InChI=1S/C20H30N2O2/c1-3-10-19(23)22(15-16-11-6-5-7-12-16)18(4-2)20(24)21-17-13-8-9-14-17/h5-7,11-12,17-18H,3-4,8-10,13-15H2,1-2H3,(H,21,24)/t18-/m0/s1. The van der Waals surface area contributed by atoms with Crippen molar-refractivity contribution >= 4 is 11.8 Å². The maximum absolute atomic E-state index is 12.8. The summed E-state index contributed by atoms with van der Waals surface area (Å²) in [5.41, 5.74) is 1.06. The summed E-state index contributed by atoms with van der Waals surface area (Å²) in [6.45, 7) is 4.48. The summed E-state index contributed by atoms with van der Waals surface area (Å²) in [5.74, 6) is 0.0690. The maximum Gasteiger partial charge on any atom is 0.243 e. The van der Waals surface area contributed by atoms with Crippen LogP contribution in [0.25, 0.3) is 0 Å². The molecule has 0 unspecified atom stereocenters. The second-order valence-electron chi connectivity index (χ2n) is 6.67. The third-order valence-electron chi connectivity index (χ3n) is 4.75. The van der Waals surface area contributed by atoms with Crippen LogP contribution in [0.3, 0.4) is 0 Å². The van der Waals surface area contributed by atoms with Crippen LogP contribution in [0.4, 0.5) is 0 Å². The van der Waals surface area contributed by atoms with Crippen LogP contribution in [0.5, 0.6) is 0 Å². The Labute approximate surface area is 145 Å². The molecule has 1 N–H and O–H groups in total. The first kappa shape index (κ1) is 18.5. The number of hydrogen-bond acceptors (Lipinski definition) is 2. The van der Waals surface area contributed by atoms with Gasteiger partial charge in [-0.3, -0.25) is 9.59 Å². The Morgan fingerprint density at radius 3 is 2.42 bits per heavy atom. The molecule has 1 atom stereocenters. The van der Waals surface area contributed by atoms with Crippen LogP contribution in [0, 0.1) is 0 Å². The summed E-state index contributed by atoms with van der Waals surface area (Å²) in [6.07, 6.45) is 6.41. The molecule has 1 aromatic rings. The highest BCUT2D eigenvalue weighted by Crippen LogP contribution is 2.19. The summed E-state index contributed by atoms with van der Waals surface area (Å²) in [5, 5.41) is 3.16. The van der Waals surface area contributed by atoms with Crippen molar-refractivity contribution in [3.05, 3.63) is 35.9 Å². The van der Waals surface area contributed by atoms with Gasteiger partial charge >= 0.3 is 0 Å². The van der Waals surface area contributed by atoms with Crippen LogP contribution >= 0.6 is 0 Å². The van der Waals surface area contributed by atoms with Gasteiger partial charge in [-0.05, 0) is 31.2 Å². The summed E-state index contributed by atoms with van der Waals surface area (Å²) >= 11 is 0. The fourth-order valence-corrected chi connectivity index (χ4v) is 3.42. The number of rotatable bonds is 8. The molecule has 0 aromatic heterocycles. The minimum Gasteiger partial charge on any atom is -0.352 e. The molecule has 4 heteroatoms. The van der Waals surface area contributed by atoms with Crippen LogP contribution in [-0.2, 0) is 16.1 Å². The summed E-state index contributed by atoms with van der Waals surface area (Å²) in [4.78, 5) is 27.2. The minimum atomic E-state index is -0.384. The highest BCUT2D eigenvalue weighted by atomic mass is 16.2. The maximum atomic E-state index is 12.8. The monoisotopic (exact) mass is 330 g/mol. The van der Waals surface area contributed by atoms with Gasteiger partial charge in [-0.15, -0.1) is 0 Å². The lowest BCUT2D eigenvalue weighted by Gasteiger charge is -2.31. The van der Waals surface area contributed by atoms with E-state index in [-0.39, 0.29) is 23.9 Å². The quantitative estimate of drug-likeness (QED) is 0.791. The van der Waals surface area contributed by atoms with Gasteiger partial charge in [-0.2, -0.15) is 0 Å². The van der Waals surface area contributed by atoms with E-state index in [2.05, 4.69) is 5.32 Å². The first-order valence-corrected chi connectivity index (χ1v) is 9.29. The molecular weight excluding hydrogens is 300 g/mol. The molecule has 1 fully saturated rings. The Kier molecular flexibility index (Phi) is 7.29. The normalized spacial score (nSPS) is 15.9. The average molecular weight is 330 g/mol. The zero-order valence-corrected chi connectivity index (χ0v) is 15.0. The molecular formula is C20H30N2O2. The largest absolute Gasteiger partial charge is 0.352 e. The van der Waals surface area contributed by atoms with E-state index in [1.807, 2.05) is 44.2 Å². The van der Waals surface area contributed by atoms with E-state index < -0.39 is 0 Å². The van der Waals surface area contributed by atoms with E-state index in [0.717, 1.165) is 24.8 Å². The van der Waals surface area contributed by atoms with Gasteiger partial charge in [0.2, 0.25) is 11.8 Å². The Bertz CT molecular complexity index is 524. The first-order valence-electron chi connectivity index (χ1n) is 9.29. The number of carbonyl (C=O) groups is 2. The molecule has 0 aliphatic heterocycles. The van der Waals surface area contributed by atoms with Crippen LogP contribution in [-0.4, -0.2) is 28.8 Å². The highest BCUT2D eigenvalue weighted by Gasteiger charge is 2.29. The van der Waals surface area contributed by atoms with Crippen molar-refractivity contribution in [2.24, 2.45) is 0 Å². The lowest BCUT2D eigenvalue weighted by Crippen LogP contribution is -2.50. The van der Waals surface area contributed by atoms with Crippen molar-refractivity contribution in [3.63, 3.8) is 0 Å². The fourth-order valence-electron chi connectivity index (χ4n) is 3.42. The van der Waals surface area contributed by atoms with Gasteiger partial charge in [0.25, 0.3) is 0 Å². The highest BCUT2D eigenvalue weighted by molar-refractivity contribution is 5.87. The predicted octanol–water partition coefficient (Wildman–Crippen LogP) is 3.65. The van der Waals surface area contributed by atoms with Gasteiger partial charge in [0, 0.05) is 19.0 Å². The molecule has 2 rings (SSSR count). The first-order chi connectivity index (χ1) is 11.7. The molecule has 0 saturated heterocycles. The van der Waals surface area contributed by atoms with Gasteiger partial charge in [-0.25, -0.2) is 0 Å². The Morgan fingerprint density at radius 2 is 1.83 bits per heavy atom. The molecule has 1 aliphatic carbocycles. The number of nitrogens with one attached hydrogen (secondary N) is 1. The zero-order chi connectivity index (χ0) is 17.4. The Hall–Kier alpha value is -1.84. The smallest absolute Gasteiger partial charge is 0.243 e. The van der Waals surface area contributed by atoms with Gasteiger partial charge in [0.05, 0.1) is 0 Å². The Morgan fingerprint density at radius 1 is 1.17 bits per heavy atom. The lowest BCUT2D eigenvalue weighted by molar-refractivity contribution is -0.141. The molecule has 24 heavy (non-hydrogen) atoms.